The minimum Gasteiger partial charge on any atom is -0.485 e. The second-order valence-electron chi connectivity index (χ2n) is 7.83. The topological polar surface area (TPSA) is 95.7 Å². The van der Waals surface area contributed by atoms with Gasteiger partial charge in [-0.05, 0) is 43.2 Å². The number of anilines is 1. The minimum atomic E-state index is 0.134. The molecule has 0 atom stereocenters. The first-order chi connectivity index (χ1) is 15.5. The average molecular weight is 434 g/mol. The average Bonchev–Trinajstić information content (AvgIpc) is 3.46. The van der Waals surface area contributed by atoms with Gasteiger partial charge >= 0.3 is 0 Å². The fourth-order valence-corrected chi connectivity index (χ4v) is 3.67. The van der Waals surface area contributed by atoms with Crippen molar-refractivity contribution < 1.29 is 18.4 Å². The molecule has 8 heteroatoms. The first kappa shape index (κ1) is 21.5. The molecule has 0 spiro atoms. The molecule has 0 bridgehead atoms. The van der Waals surface area contributed by atoms with E-state index in [1.807, 2.05) is 54.8 Å². The third kappa shape index (κ3) is 4.47. The molecule has 2 aromatic heterocycles. The van der Waals surface area contributed by atoms with E-state index in [1.165, 1.54) is 0 Å². The number of benzene rings is 1. The van der Waals surface area contributed by atoms with Crippen LogP contribution in [0.5, 0.6) is 5.75 Å². The summed E-state index contributed by atoms with van der Waals surface area (Å²) >= 11 is 0. The van der Waals surface area contributed by atoms with Gasteiger partial charge in [0.05, 0.1) is 0 Å². The summed E-state index contributed by atoms with van der Waals surface area (Å²) in [6.07, 6.45) is 0.490. The summed E-state index contributed by atoms with van der Waals surface area (Å²) in [7, 11) is 0. The zero-order valence-corrected chi connectivity index (χ0v) is 18.6. The van der Waals surface area contributed by atoms with Crippen molar-refractivity contribution in [1.82, 2.24) is 9.88 Å². The van der Waals surface area contributed by atoms with Gasteiger partial charge in [0.25, 0.3) is 5.89 Å². The van der Waals surface area contributed by atoms with Crippen LogP contribution in [0.2, 0.25) is 0 Å². The van der Waals surface area contributed by atoms with Crippen LogP contribution in [0.4, 0.5) is 5.88 Å². The number of carbonyl (C=O) groups excluding carboxylic acids is 1. The van der Waals surface area contributed by atoms with E-state index < -0.39 is 0 Å². The van der Waals surface area contributed by atoms with Gasteiger partial charge in [-0.25, -0.2) is 0 Å². The summed E-state index contributed by atoms with van der Waals surface area (Å²) in [6, 6.07) is 11.7. The second kappa shape index (κ2) is 9.18. The highest BCUT2D eigenvalue weighted by molar-refractivity contribution is 5.76. The number of hydrogen-bond donors (Lipinski definition) is 0. The van der Waals surface area contributed by atoms with Crippen LogP contribution >= 0.6 is 0 Å². The van der Waals surface area contributed by atoms with Gasteiger partial charge in [0.15, 0.2) is 5.76 Å². The van der Waals surface area contributed by atoms with Crippen molar-refractivity contribution in [2.75, 3.05) is 31.1 Å². The summed E-state index contributed by atoms with van der Waals surface area (Å²) in [5, 5.41) is 9.54. The molecule has 8 nitrogen and oxygen atoms in total. The van der Waals surface area contributed by atoms with Crippen LogP contribution < -0.4 is 9.64 Å². The monoisotopic (exact) mass is 434 g/mol. The molecule has 0 aliphatic carbocycles. The Morgan fingerprint density at radius 3 is 2.66 bits per heavy atom. The van der Waals surface area contributed by atoms with Gasteiger partial charge in [-0.15, -0.1) is 0 Å². The van der Waals surface area contributed by atoms with Gasteiger partial charge < -0.3 is 23.4 Å². The molecule has 1 fully saturated rings. The number of nitrogens with zero attached hydrogens (tertiary/aromatic N) is 4. The third-order valence-corrected chi connectivity index (χ3v) is 5.52. The number of aryl methyl sites for hydroxylation is 2. The van der Waals surface area contributed by atoms with Gasteiger partial charge in [0.2, 0.25) is 17.5 Å². The minimum absolute atomic E-state index is 0.134. The van der Waals surface area contributed by atoms with E-state index in [1.54, 1.807) is 6.07 Å². The van der Waals surface area contributed by atoms with Crippen LogP contribution in [0.15, 0.2) is 39.2 Å². The van der Waals surface area contributed by atoms with E-state index in [9.17, 15) is 10.1 Å². The Balaban J connectivity index is 1.45. The number of amides is 1. The molecule has 0 unspecified atom stereocenters. The Morgan fingerprint density at radius 2 is 1.94 bits per heavy atom. The lowest BCUT2D eigenvalue weighted by molar-refractivity contribution is -0.131. The zero-order chi connectivity index (χ0) is 22.7. The van der Waals surface area contributed by atoms with Crippen molar-refractivity contribution in [1.29, 1.82) is 5.26 Å². The summed E-state index contributed by atoms with van der Waals surface area (Å²) < 4.78 is 17.7. The van der Waals surface area contributed by atoms with E-state index in [-0.39, 0.29) is 24.1 Å². The molecular formula is C24H26N4O4. The highest BCUT2D eigenvalue weighted by atomic mass is 16.5. The smallest absolute Gasteiger partial charge is 0.266 e. The molecule has 1 amide bonds. The lowest BCUT2D eigenvalue weighted by atomic mass is 10.1. The van der Waals surface area contributed by atoms with E-state index in [4.69, 9.17) is 13.6 Å². The Hall–Kier alpha value is -3.73. The van der Waals surface area contributed by atoms with Crippen LogP contribution in [0.1, 0.15) is 35.9 Å². The van der Waals surface area contributed by atoms with Crippen molar-refractivity contribution in [3.8, 4) is 23.5 Å². The van der Waals surface area contributed by atoms with Crippen molar-refractivity contribution in [2.45, 2.75) is 33.8 Å². The normalized spacial score (nSPS) is 13.8. The van der Waals surface area contributed by atoms with Gasteiger partial charge in [0, 0.05) is 32.6 Å². The van der Waals surface area contributed by atoms with Crippen LogP contribution in [0.3, 0.4) is 0 Å². The predicted octanol–water partition coefficient (Wildman–Crippen LogP) is 4.06. The molecular weight excluding hydrogens is 408 g/mol. The van der Waals surface area contributed by atoms with Crippen LogP contribution in [0.25, 0.3) is 11.7 Å². The molecule has 1 aliphatic rings. The van der Waals surface area contributed by atoms with E-state index in [0.717, 1.165) is 16.9 Å². The predicted molar refractivity (Wildman–Crippen MR) is 118 cm³/mol. The number of aromatic nitrogens is 1. The van der Waals surface area contributed by atoms with E-state index in [2.05, 4.69) is 11.1 Å². The number of furan rings is 1. The molecule has 0 saturated carbocycles. The lowest BCUT2D eigenvalue weighted by Crippen LogP contribution is -2.48. The van der Waals surface area contributed by atoms with Crippen molar-refractivity contribution in [2.24, 2.45) is 0 Å². The van der Waals surface area contributed by atoms with E-state index >= 15 is 0 Å². The molecule has 3 heterocycles. The standard InChI is InChI=1S/C24H26N4O4/c1-4-22(29)27-9-11-28(12-10-27)24-19(14-25)26-23(32-24)20-8-7-18(31-20)15-30-21-13-16(2)5-6-17(21)3/h5-8,13H,4,9-12,15H2,1-3H3. The van der Waals surface area contributed by atoms with Crippen LogP contribution in [0, 0.1) is 25.2 Å². The summed E-state index contributed by atoms with van der Waals surface area (Å²) in [4.78, 5) is 20.0. The number of nitriles is 1. The van der Waals surface area contributed by atoms with Crippen molar-refractivity contribution in [3.63, 3.8) is 0 Å². The molecule has 4 rings (SSSR count). The molecule has 0 radical (unpaired) electrons. The Morgan fingerprint density at radius 1 is 1.16 bits per heavy atom. The Labute approximate surface area is 187 Å². The van der Waals surface area contributed by atoms with Gasteiger partial charge in [-0.2, -0.15) is 10.2 Å². The Kier molecular flexibility index (Phi) is 6.17. The van der Waals surface area contributed by atoms with Crippen molar-refractivity contribution >= 4 is 11.8 Å². The highest BCUT2D eigenvalue weighted by Crippen LogP contribution is 2.30. The molecule has 3 aromatic rings. The maximum absolute atomic E-state index is 11.9. The number of oxazole rings is 1. The fraction of sp³-hybridized carbons (Fsp3) is 0.375. The lowest BCUT2D eigenvalue weighted by Gasteiger charge is -2.34. The van der Waals surface area contributed by atoms with Gasteiger partial charge in [0.1, 0.15) is 24.2 Å². The highest BCUT2D eigenvalue weighted by Gasteiger charge is 2.26. The largest absolute Gasteiger partial charge is 0.485 e. The van der Waals surface area contributed by atoms with Gasteiger partial charge in [-0.1, -0.05) is 19.1 Å². The van der Waals surface area contributed by atoms with Crippen molar-refractivity contribution in [3.05, 3.63) is 52.9 Å². The number of ether oxygens (including phenoxy) is 1. The summed E-state index contributed by atoms with van der Waals surface area (Å²) in [5.74, 6) is 2.68. The van der Waals surface area contributed by atoms with E-state index in [0.29, 0.717) is 50.0 Å². The third-order valence-electron chi connectivity index (χ3n) is 5.52. The quantitative estimate of drug-likeness (QED) is 0.577. The maximum atomic E-state index is 11.9. The number of hydrogen-bond acceptors (Lipinski definition) is 7. The molecule has 1 aromatic carbocycles. The first-order valence-corrected chi connectivity index (χ1v) is 10.7. The number of rotatable bonds is 6. The molecule has 166 valence electrons. The Bertz CT molecular complexity index is 1150. The SMILES string of the molecule is CCC(=O)N1CCN(c2oc(-c3ccc(COc4cc(C)ccc4C)o3)nc2C#N)CC1. The molecule has 1 aliphatic heterocycles. The summed E-state index contributed by atoms with van der Waals surface area (Å²) in [6.45, 7) is 8.50. The van der Waals surface area contributed by atoms with Crippen LogP contribution in [-0.2, 0) is 11.4 Å². The molecule has 0 N–H and O–H groups in total. The van der Waals surface area contributed by atoms with Crippen LogP contribution in [-0.4, -0.2) is 42.0 Å². The summed E-state index contributed by atoms with van der Waals surface area (Å²) in [5.41, 5.74) is 2.39. The second-order valence-corrected chi connectivity index (χ2v) is 7.83. The first-order valence-electron chi connectivity index (χ1n) is 10.7. The number of piperazine rings is 1. The molecule has 1 saturated heterocycles. The number of carbonyl (C=O) groups is 1. The zero-order valence-electron chi connectivity index (χ0n) is 18.6. The maximum Gasteiger partial charge on any atom is 0.266 e. The van der Waals surface area contributed by atoms with Gasteiger partial charge in [-0.3, -0.25) is 4.79 Å². The fourth-order valence-electron chi connectivity index (χ4n) is 3.67. The molecule has 32 heavy (non-hydrogen) atoms.